The molecule has 1 fully saturated rings. The molecule has 6 nitrogen and oxygen atoms in total. The van der Waals surface area contributed by atoms with Crippen LogP contribution in [0.25, 0.3) is 10.6 Å². The van der Waals surface area contributed by atoms with Gasteiger partial charge in [0.15, 0.2) is 11.5 Å². The monoisotopic (exact) mass is 489 g/mol. The molecule has 0 N–H and O–H groups in total. The summed E-state index contributed by atoms with van der Waals surface area (Å²) < 4.78 is 24.8. The number of carbonyl (C=O) groups excluding carboxylic acids is 1. The number of nitrogens with zero attached hydrogens (tertiary/aromatic N) is 3. The minimum absolute atomic E-state index is 0.0275. The molecule has 33 heavy (non-hydrogen) atoms. The number of thiazole rings is 1. The van der Waals surface area contributed by atoms with Crippen molar-refractivity contribution in [3.05, 3.63) is 63.4 Å². The Hall–Kier alpha value is -2.68. The van der Waals surface area contributed by atoms with Gasteiger partial charge in [-0.1, -0.05) is 17.7 Å². The van der Waals surface area contributed by atoms with E-state index in [-0.39, 0.29) is 11.7 Å². The molecule has 1 amide bonds. The molecule has 0 aliphatic carbocycles. The van der Waals surface area contributed by atoms with E-state index in [4.69, 9.17) is 21.1 Å². The van der Waals surface area contributed by atoms with E-state index in [1.165, 1.54) is 17.4 Å². The Morgan fingerprint density at radius 3 is 2.52 bits per heavy atom. The van der Waals surface area contributed by atoms with Crippen LogP contribution in [0.5, 0.6) is 11.5 Å². The minimum Gasteiger partial charge on any atom is -0.493 e. The number of hydrogen-bond acceptors (Lipinski definition) is 6. The second-order valence-corrected chi connectivity index (χ2v) is 9.18. The molecule has 174 valence electrons. The third-order valence-electron chi connectivity index (χ3n) is 5.72. The number of aryl methyl sites for hydroxylation is 1. The van der Waals surface area contributed by atoms with Crippen molar-refractivity contribution in [1.82, 2.24) is 14.8 Å². The van der Waals surface area contributed by atoms with Crippen LogP contribution in [0.3, 0.4) is 0 Å². The van der Waals surface area contributed by atoms with Gasteiger partial charge in [-0.25, -0.2) is 9.37 Å². The fourth-order valence-corrected chi connectivity index (χ4v) is 5.10. The standard InChI is InChI=1S/C24H25ClFN3O3S/c1-15-22(33-23(27-15)16-7-8-20(31-2)21(13-16)32-3)24(30)29-11-9-28(10-12-29)14-17-18(25)5-4-6-19(17)26/h4-8,13H,9-12,14H2,1-3H3. The lowest BCUT2D eigenvalue weighted by molar-refractivity contribution is 0.0631. The molecule has 0 spiro atoms. The Morgan fingerprint density at radius 1 is 1.12 bits per heavy atom. The summed E-state index contributed by atoms with van der Waals surface area (Å²) in [4.78, 5) is 22.4. The van der Waals surface area contributed by atoms with Gasteiger partial charge in [-0.2, -0.15) is 0 Å². The summed E-state index contributed by atoms with van der Waals surface area (Å²) in [6.45, 7) is 4.70. The number of piperazine rings is 1. The predicted molar refractivity (Wildman–Crippen MR) is 128 cm³/mol. The summed E-state index contributed by atoms with van der Waals surface area (Å²) in [5.74, 6) is 0.923. The maximum Gasteiger partial charge on any atom is 0.265 e. The highest BCUT2D eigenvalue weighted by Gasteiger charge is 2.26. The van der Waals surface area contributed by atoms with Crippen molar-refractivity contribution in [3.8, 4) is 22.1 Å². The molecule has 2 aromatic carbocycles. The molecule has 1 aromatic heterocycles. The Kier molecular flexibility index (Phi) is 7.17. The number of benzene rings is 2. The van der Waals surface area contributed by atoms with Crippen LogP contribution in [-0.4, -0.2) is 61.1 Å². The van der Waals surface area contributed by atoms with Gasteiger partial charge in [0.2, 0.25) is 0 Å². The topological polar surface area (TPSA) is 54.9 Å². The van der Waals surface area contributed by atoms with Gasteiger partial charge in [0.25, 0.3) is 5.91 Å². The molecular formula is C24H25ClFN3O3S. The number of amides is 1. The van der Waals surface area contributed by atoms with Crippen LogP contribution in [0.4, 0.5) is 4.39 Å². The Bertz CT molecular complexity index is 1140. The predicted octanol–water partition coefficient (Wildman–Crippen LogP) is 4.89. The van der Waals surface area contributed by atoms with Crippen LogP contribution in [0.15, 0.2) is 36.4 Å². The van der Waals surface area contributed by atoms with Gasteiger partial charge >= 0.3 is 0 Å². The van der Waals surface area contributed by atoms with E-state index in [9.17, 15) is 9.18 Å². The van der Waals surface area contributed by atoms with Crippen molar-refractivity contribution in [1.29, 1.82) is 0 Å². The molecule has 3 aromatic rings. The van der Waals surface area contributed by atoms with Crippen LogP contribution in [0.2, 0.25) is 5.02 Å². The van der Waals surface area contributed by atoms with Crippen molar-refractivity contribution in [2.75, 3.05) is 40.4 Å². The highest BCUT2D eigenvalue weighted by molar-refractivity contribution is 7.17. The molecule has 0 radical (unpaired) electrons. The lowest BCUT2D eigenvalue weighted by Crippen LogP contribution is -2.48. The van der Waals surface area contributed by atoms with E-state index in [1.807, 2.05) is 30.0 Å². The smallest absolute Gasteiger partial charge is 0.265 e. The van der Waals surface area contributed by atoms with Gasteiger partial charge in [0.05, 0.1) is 19.9 Å². The van der Waals surface area contributed by atoms with Crippen molar-refractivity contribution in [2.45, 2.75) is 13.5 Å². The number of rotatable bonds is 6. The summed E-state index contributed by atoms with van der Waals surface area (Å²) in [5, 5.41) is 1.18. The molecule has 0 unspecified atom stereocenters. The normalized spacial score (nSPS) is 14.4. The number of aromatic nitrogens is 1. The van der Waals surface area contributed by atoms with Gasteiger partial charge in [-0.15, -0.1) is 11.3 Å². The summed E-state index contributed by atoms with van der Waals surface area (Å²) in [7, 11) is 3.18. The lowest BCUT2D eigenvalue weighted by Gasteiger charge is -2.34. The fraction of sp³-hybridized carbons (Fsp3) is 0.333. The number of carbonyl (C=O) groups is 1. The molecule has 4 rings (SSSR count). The van der Waals surface area contributed by atoms with E-state index in [2.05, 4.69) is 9.88 Å². The van der Waals surface area contributed by atoms with Gasteiger partial charge in [-0.3, -0.25) is 9.69 Å². The van der Waals surface area contributed by atoms with Crippen molar-refractivity contribution < 1.29 is 18.7 Å². The van der Waals surface area contributed by atoms with E-state index in [0.29, 0.717) is 65.4 Å². The molecule has 1 aliphatic rings. The first-order chi connectivity index (χ1) is 15.9. The fourth-order valence-electron chi connectivity index (χ4n) is 3.85. The molecule has 9 heteroatoms. The number of hydrogen-bond donors (Lipinski definition) is 0. The molecule has 1 aliphatic heterocycles. The second-order valence-electron chi connectivity index (χ2n) is 7.77. The molecule has 1 saturated heterocycles. The summed E-state index contributed by atoms with van der Waals surface area (Å²) in [5.41, 5.74) is 2.07. The van der Waals surface area contributed by atoms with Gasteiger partial charge in [0.1, 0.15) is 15.7 Å². The highest BCUT2D eigenvalue weighted by Crippen LogP contribution is 2.35. The SMILES string of the molecule is COc1ccc(-c2nc(C)c(C(=O)N3CCN(Cc4c(F)cccc4Cl)CC3)s2)cc1OC. The zero-order chi connectivity index (χ0) is 23.5. The van der Waals surface area contributed by atoms with Crippen LogP contribution in [0, 0.1) is 12.7 Å². The van der Waals surface area contributed by atoms with Crippen LogP contribution < -0.4 is 9.47 Å². The zero-order valence-electron chi connectivity index (χ0n) is 18.7. The Labute approximate surface area is 201 Å². The van der Waals surface area contributed by atoms with E-state index in [1.54, 1.807) is 26.4 Å². The van der Waals surface area contributed by atoms with Crippen molar-refractivity contribution in [2.24, 2.45) is 0 Å². The van der Waals surface area contributed by atoms with Crippen LogP contribution in [0.1, 0.15) is 20.9 Å². The summed E-state index contributed by atoms with van der Waals surface area (Å²) in [6, 6.07) is 10.3. The van der Waals surface area contributed by atoms with Crippen molar-refractivity contribution in [3.63, 3.8) is 0 Å². The number of methoxy groups -OCH3 is 2. The average Bonchev–Trinajstić information content (AvgIpc) is 3.22. The van der Waals surface area contributed by atoms with E-state index < -0.39 is 0 Å². The van der Waals surface area contributed by atoms with Crippen molar-refractivity contribution >= 4 is 28.8 Å². The Balaban J connectivity index is 1.44. The average molecular weight is 490 g/mol. The molecule has 0 atom stereocenters. The largest absolute Gasteiger partial charge is 0.493 e. The maximum absolute atomic E-state index is 14.1. The number of halogens is 2. The molecule has 0 bridgehead atoms. The van der Waals surface area contributed by atoms with Crippen LogP contribution >= 0.6 is 22.9 Å². The minimum atomic E-state index is -0.302. The molecule has 0 saturated carbocycles. The zero-order valence-corrected chi connectivity index (χ0v) is 20.3. The quantitative estimate of drug-likeness (QED) is 0.493. The molecular weight excluding hydrogens is 465 g/mol. The first-order valence-corrected chi connectivity index (χ1v) is 11.7. The lowest BCUT2D eigenvalue weighted by atomic mass is 10.1. The second kappa shape index (κ2) is 10.1. The first kappa shape index (κ1) is 23.5. The summed E-state index contributed by atoms with van der Waals surface area (Å²) in [6.07, 6.45) is 0. The number of ether oxygens (including phenoxy) is 2. The first-order valence-electron chi connectivity index (χ1n) is 10.6. The van der Waals surface area contributed by atoms with Gasteiger partial charge in [-0.05, 0) is 37.3 Å². The van der Waals surface area contributed by atoms with Gasteiger partial charge in [0, 0.05) is 48.9 Å². The van der Waals surface area contributed by atoms with Crippen LogP contribution in [-0.2, 0) is 6.54 Å². The third-order valence-corrected chi connectivity index (χ3v) is 7.27. The Morgan fingerprint density at radius 2 is 1.85 bits per heavy atom. The third kappa shape index (κ3) is 4.98. The highest BCUT2D eigenvalue weighted by atomic mass is 35.5. The summed E-state index contributed by atoms with van der Waals surface area (Å²) >= 11 is 7.54. The molecule has 2 heterocycles. The van der Waals surface area contributed by atoms with E-state index in [0.717, 1.165) is 10.6 Å². The van der Waals surface area contributed by atoms with Gasteiger partial charge < -0.3 is 14.4 Å². The van der Waals surface area contributed by atoms with E-state index >= 15 is 0 Å². The maximum atomic E-state index is 14.1.